The molecular weight excluding hydrogens is 224 g/mol. The molecule has 1 saturated carbocycles. The monoisotopic (exact) mass is 244 g/mol. The van der Waals surface area contributed by atoms with Gasteiger partial charge in [-0.05, 0) is 49.1 Å². The summed E-state index contributed by atoms with van der Waals surface area (Å²) in [7, 11) is 0. The Morgan fingerprint density at radius 2 is 2.00 bits per heavy atom. The minimum absolute atomic E-state index is 0.489. The third-order valence-corrected chi connectivity index (χ3v) is 4.70. The van der Waals surface area contributed by atoms with E-state index in [1.807, 2.05) is 6.07 Å². The summed E-state index contributed by atoms with van der Waals surface area (Å²) in [6, 6.07) is 8.32. The van der Waals surface area contributed by atoms with Crippen LogP contribution < -0.4 is 0 Å². The SMILES string of the molecule is O=C(O)C1(CCC2CC2)CCc2ccccc2C1. The van der Waals surface area contributed by atoms with Gasteiger partial charge in [-0.3, -0.25) is 4.79 Å². The number of hydrogen-bond acceptors (Lipinski definition) is 1. The van der Waals surface area contributed by atoms with Gasteiger partial charge in [0.1, 0.15) is 0 Å². The van der Waals surface area contributed by atoms with Crippen LogP contribution in [-0.4, -0.2) is 11.1 Å². The molecule has 0 heterocycles. The number of carbonyl (C=O) groups is 1. The van der Waals surface area contributed by atoms with E-state index in [1.165, 1.54) is 24.0 Å². The molecule has 1 aromatic rings. The van der Waals surface area contributed by atoms with Crippen molar-refractivity contribution < 1.29 is 9.90 Å². The van der Waals surface area contributed by atoms with Crippen LogP contribution in [0.3, 0.4) is 0 Å². The number of carboxylic acid groups (broad SMARTS) is 1. The number of fused-ring (bicyclic) bond motifs is 1. The van der Waals surface area contributed by atoms with E-state index in [9.17, 15) is 9.90 Å². The van der Waals surface area contributed by atoms with E-state index in [-0.39, 0.29) is 0 Å². The molecule has 1 N–H and O–H groups in total. The number of aliphatic carboxylic acids is 1. The fourth-order valence-electron chi connectivity index (χ4n) is 3.19. The van der Waals surface area contributed by atoms with Crippen molar-refractivity contribution in [1.29, 1.82) is 0 Å². The Kier molecular flexibility index (Phi) is 2.89. The maximum absolute atomic E-state index is 11.7. The Morgan fingerprint density at radius 3 is 2.67 bits per heavy atom. The molecule has 1 unspecified atom stereocenters. The van der Waals surface area contributed by atoms with Gasteiger partial charge in [0, 0.05) is 0 Å². The summed E-state index contributed by atoms with van der Waals surface area (Å²) in [5, 5.41) is 9.65. The Morgan fingerprint density at radius 1 is 1.28 bits per heavy atom. The van der Waals surface area contributed by atoms with Crippen LogP contribution in [-0.2, 0) is 17.6 Å². The zero-order chi connectivity index (χ0) is 12.6. The second-order valence-electron chi connectivity index (χ2n) is 6.01. The van der Waals surface area contributed by atoms with Gasteiger partial charge in [0.25, 0.3) is 0 Å². The van der Waals surface area contributed by atoms with Crippen molar-refractivity contribution in [2.45, 2.75) is 44.9 Å². The zero-order valence-corrected chi connectivity index (χ0v) is 10.7. The molecule has 0 aromatic heterocycles. The number of hydrogen-bond donors (Lipinski definition) is 1. The molecule has 0 spiro atoms. The van der Waals surface area contributed by atoms with Crippen LogP contribution >= 0.6 is 0 Å². The van der Waals surface area contributed by atoms with E-state index in [2.05, 4.69) is 18.2 Å². The topological polar surface area (TPSA) is 37.3 Å². The third kappa shape index (κ3) is 2.16. The van der Waals surface area contributed by atoms with Crippen LogP contribution in [0.15, 0.2) is 24.3 Å². The average molecular weight is 244 g/mol. The van der Waals surface area contributed by atoms with Gasteiger partial charge in [0.05, 0.1) is 5.41 Å². The normalized spacial score (nSPS) is 26.7. The summed E-state index contributed by atoms with van der Waals surface area (Å²) >= 11 is 0. The molecule has 18 heavy (non-hydrogen) atoms. The highest BCUT2D eigenvalue weighted by molar-refractivity contribution is 5.75. The molecule has 2 heteroatoms. The Bertz CT molecular complexity index is 462. The van der Waals surface area contributed by atoms with Gasteiger partial charge in [0.2, 0.25) is 0 Å². The summed E-state index contributed by atoms with van der Waals surface area (Å²) in [6.45, 7) is 0. The average Bonchev–Trinajstić information content (AvgIpc) is 3.20. The highest BCUT2D eigenvalue weighted by Crippen LogP contribution is 2.43. The van der Waals surface area contributed by atoms with Crippen LogP contribution in [0.5, 0.6) is 0 Å². The Labute approximate surface area is 108 Å². The molecule has 0 aliphatic heterocycles. The predicted octanol–water partition coefficient (Wildman–Crippen LogP) is 3.44. The lowest BCUT2D eigenvalue weighted by molar-refractivity contribution is -0.150. The highest BCUT2D eigenvalue weighted by atomic mass is 16.4. The number of carboxylic acids is 1. The lowest BCUT2D eigenvalue weighted by Gasteiger charge is -2.34. The van der Waals surface area contributed by atoms with Gasteiger partial charge >= 0.3 is 5.97 Å². The minimum Gasteiger partial charge on any atom is -0.481 e. The summed E-state index contributed by atoms with van der Waals surface area (Å²) in [6.07, 6.45) is 7.05. The molecule has 1 fully saturated rings. The van der Waals surface area contributed by atoms with Crippen molar-refractivity contribution >= 4 is 5.97 Å². The number of benzene rings is 1. The predicted molar refractivity (Wildman–Crippen MR) is 70.5 cm³/mol. The quantitative estimate of drug-likeness (QED) is 0.881. The van der Waals surface area contributed by atoms with Crippen LogP contribution in [0.25, 0.3) is 0 Å². The highest BCUT2D eigenvalue weighted by Gasteiger charge is 2.42. The molecule has 0 saturated heterocycles. The van der Waals surface area contributed by atoms with Crippen molar-refractivity contribution in [2.24, 2.45) is 11.3 Å². The van der Waals surface area contributed by atoms with E-state index < -0.39 is 11.4 Å². The molecule has 2 nitrogen and oxygen atoms in total. The lowest BCUT2D eigenvalue weighted by atomic mass is 9.69. The van der Waals surface area contributed by atoms with Gasteiger partial charge in [-0.15, -0.1) is 0 Å². The molecule has 1 aromatic carbocycles. The van der Waals surface area contributed by atoms with Gasteiger partial charge in [0.15, 0.2) is 0 Å². The van der Waals surface area contributed by atoms with Crippen molar-refractivity contribution in [3.63, 3.8) is 0 Å². The molecule has 0 amide bonds. The van der Waals surface area contributed by atoms with E-state index in [0.29, 0.717) is 0 Å². The Hall–Kier alpha value is -1.31. The van der Waals surface area contributed by atoms with E-state index in [1.54, 1.807) is 0 Å². The third-order valence-electron chi connectivity index (χ3n) is 4.70. The van der Waals surface area contributed by atoms with Crippen LogP contribution in [0.4, 0.5) is 0 Å². The van der Waals surface area contributed by atoms with Gasteiger partial charge in [-0.1, -0.05) is 37.1 Å². The van der Waals surface area contributed by atoms with Crippen molar-refractivity contribution in [3.8, 4) is 0 Å². The van der Waals surface area contributed by atoms with Crippen molar-refractivity contribution in [1.82, 2.24) is 0 Å². The molecule has 2 aliphatic carbocycles. The van der Waals surface area contributed by atoms with Gasteiger partial charge in [-0.25, -0.2) is 0 Å². The first-order valence-corrected chi connectivity index (χ1v) is 7.00. The largest absolute Gasteiger partial charge is 0.481 e. The second kappa shape index (κ2) is 4.42. The molecule has 96 valence electrons. The smallest absolute Gasteiger partial charge is 0.309 e. The molecule has 0 bridgehead atoms. The summed E-state index contributed by atoms with van der Waals surface area (Å²) in [5.41, 5.74) is 2.11. The van der Waals surface area contributed by atoms with Crippen LogP contribution in [0.2, 0.25) is 0 Å². The Balaban J connectivity index is 1.81. The van der Waals surface area contributed by atoms with E-state index in [0.717, 1.165) is 38.0 Å². The summed E-state index contributed by atoms with van der Waals surface area (Å²) in [4.78, 5) is 11.7. The van der Waals surface area contributed by atoms with Crippen LogP contribution in [0, 0.1) is 11.3 Å². The lowest BCUT2D eigenvalue weighted by Crippen LogP contribution is -2.37. The number of rotatable bonds is 4. The summed E-state index contributed by atoms with van der Waals surface area (Å²) in [5.74, 6) is 0.232. The van der Waals surface area contributed by atoms with Crippen molar-refractivity contribution in [3.05, 3.63) is 35.4 Å². The maximum atomic E-state index is 11.7. The second-order valence-corrected chi connectivity index (χ2v) is 6.01. The summed E-state index contributed by atoms with van der Waals surface area (Å²) < 4.78 is 0. The first-order valence-electron chi connectivity index (χ1n) is 7.00. The first kappa shape index (κ1) is 11.8. The minimum atomic E-state index is -0.586. The van der Waals surface area contributed by atoms with E-state index >= 15 is 0 Å². The molecule has 2 aliphatic rings. The van der Waals surface area contributed by atoms with Gasteiger partial charge < -0.3 is 5.11 Å². The maximum Gasteiger partial charge on any atom is 0.309 e. The fourth-order valence-corrected chi connectivity index (χ4v) is 3.19. The molecule has 3 rings (SSSR count). The fraction of sp³-hybridized carbons (Fsp3) is 0.562. The molecular formula is C16H20O2. The van der Waals surface area contributed by atoms with Gasteiger partial charge in [-0.2, -0.15) is 0 Å². The standard InChI is InChI=1S/C16H20O2/c17-15(18)16(9-7-12-5-6-12)10-8-13-3-1-2-4-14(13)11-16/h1-4,12H,5-11H2,(H,17,18). The first-order chi connectivity index (χ1) is 8.70. The van der Waals surface area contributed by atoms with Crippen molar-refractivity contribution in [2.75, 3.05) is 0 Å². The zero-order valence-electron chi connectivity index (χ0n) is 10.7. The number of aryl methyl sites for hydroxylation is 1. The molecule has 0 radical (unpaired) electrons. The molecule has 1 atom stereocenters. The van der Waals surface area contributed by atoms with E-state index in [4.69, 9.17) is 0 Å². The van der Waals surface area contributed by atoms with Crippen LogP contribution in [0.1, 0.15) is 43.2 Å².